The second-order valence-electron chi connectivity index (χ2n) is 7.25. The highest BCUT2D eigenvalue weighted by Crippen LogP contribution is 2.34. The van der Waals surface area contributed by atoms with E-state index in [0.29, 0.717) is 22.6 Å². The van der Waals surface area contributed by atoms with Crippen LogP contribution in [0.2, 0.25) is 0 Å². The van der Waals surface area contributed by atoms with E-state index in [0.717, 1.165) is 18.4 Å². The SMILES string of the molecule is CCOC(=O)C(=O)c1cc(-c2ccc(C(F)(F)F)cc2)n(-c2ccc(S(C)(=O)=O)cc2)c1C. The summed E-state index contributed by atoms with van der Waals surface area (Å²) in [5, 5.41) is 0. The van der Waals surface area contributed by atoms with Gasteiger partial charge in [-0.25, -0.2) is 13.2 Å². The lowest BCUT2D eigenvalue weighted by Crippen LogP contribution is -2.18. The highest BCUT2D eigenvalue weighted by Gasteiger charge is 2.30. The molecule has 33 heavy (non-hydrogen) atoms. The molecule has 174 valence electrons. The third-order valence-corrected chi connectivity index (χ3v) is 6.11. The van der Waals surface area contributed by atoms with E-state index in [4.69, 9.17) is 4.74 Å². The van der Waals surface area contributed by atoms with Gasteiger partial charge < -0.3 is 9.30 Å². The number of ketones is 1. The first-order chi connectivity index (χ1) is 15.3. The molecule has 1 heterocycles. The summed E-state index contributed by atoms with van der Waals surface area (Å²) >= 11 is 0. The molecule has 10 heteroatoms. The predicted octanol–water partition coefficient (Wildman–Crippen LogP) is 4.62. The van der Waals surface area contributed by atoms with Crippen LogP contribution >= 0.6 is 0 Å². The zero-order valence-corrected chi connectivity index (χ0v) is 18.8. The van der Waals surface area contributed by atoms with Gasteiger partial charge >= 0.3 is 12.1 Å². The molecule has 0 aliphatic heterocycles. The molecule has 1 aromatic heterocycles. The topological polar surface area (TPSA) is 82.4 Å². The van der Waals surface area contributed by atoms with Crippen LogP contribution < -0.4 is 0 Å². The van der Waals surface area contributed by atoms with Crippen LogP contribution in [0.5, 0.6) is 0 Å². The number of hydrogen-bond acceptors (Lipinski definition) is 5. The number of alkyl halides is 3. The molecule has 0 aliphatic carbocycles. The molecule has 0 amide bonds. The van der Waals surface area contributed by atoms with E-state index in [1.165, 1.54) is 42.5 Å². The summed E-state index contributed by atoms with van der Waals surface area (Å²) in [6.45, 7) is 3.13. The van der Waals surface area contributed by atoms with Gasteiger partial charge in [0.2, 0.25) is 0 Å². The maximum Gasteiger partial charge on any atom is 0.416 e. The molecular weight excluding hydrogens is 459 g/mol. The van der Waals surface area contributed by atoms with Crippen molar-refractivity contribution in [3.63, 3.8) is 0 Å². The van der Waals surface area contributed by atoms with Crippen LogP contribution in [0.15, 0.2) is 59.5 Å². The van der Waals surface area contributed by atoms with Crippen LogP contribution in [0.1, 0.15) is 28.5 Å². The molecule has 0 spiro atoms. The standard InChI is InChI=1S/C23H20F3NO5S/c1-4-32-22(29)21(28)19-13-20(15-5-7-16(8-6-15)23(24,25)26)27(14(19)2)17-9-11-18(12-10-17)33(3,30)31/h5-13H,4H2,1-3H3. The van der Waals surface area contributed by atoms with Crippen molar-refractivity contribution in [1.82, 2.24) is 4.57 Å². The number of aromatic nitrogens is 1. The monoisotopic (exact) mass is 479 g/mol. The van der Waals surface area contributed by atoms with Crippen LogP contribution in [0.3, 0.4) is 0 Å². The molecule has 0 atom stereocenters. The first kappa shape index (κ1) is 24.2. The minimum atomic E-state index is -4.51. The van der Waals surface area contributed by atoms with Gasteiger partial charge in [0.1, 0.15) is 0 Å². The lowest BCUT2D eigenvalue weighted by molar-refractivity contribution is -0.138. The van der Waals surface area contributed by atoms with Gasteiger partial charge in [0.25, 0.3) is 5.78 Å². The van der Waals surface area contributed by atoms with Gasteiger partial charge in [-0.2, -0.15) is 13.2 Å². The van der Waals surface area contributed by atoms with Crippen molar-refractivity contribution in [3.05, 3.63) is 71.4 Å². The lowest BCUT2D eigenvalue weighted by Gasteiger charge is -2.14. The summed E-state index contributed by atoms with van der Waals surface area (Å²) < 4.78 is 68.9. The Hall–Kier alpha value is -3.40. The quantitative estimate of drug-likeness (QED) is 0.293. The maximum atomic E-state index is 13.0. The van der Waals surface area contributed by atoms with Gasteiger partial charge in [0, 0.05) is 17.6 Å². The van der Waals surface area contributed by atoms with Gasteiger partial charge in [-0.3, -0.25) is 4.79 Å². The Morgan fingerprint density at radius 2 is 1.58 bits per heavy atom. The molecule has 0 fully saturated rings. The van der Waals surface area contributed by atoms with E-state index in [9.17, 15) is 31.2 Å². The third kappa shape index (κ3) is 5.00. The molecule has 2 aromatic carbocycles. The highest BCUT2D eigenvalue weighted by atomic mass is 32.2. The molecular formula is C23H20F3NO5S. The van der Waals surface area contributed by atoms with Crippen molar-refractivity contribution in [2.75, 3.05) is 12.9 Å². The normalized spacial score (nSPS) is 11.9. The van der Waals surface area contributed by atoms with E-state index in [1.807, 2.05) is 0 Å². The lowest BCUT2D eigenvalue weighted by atomic mass is 10.1. The molecule has 0 radical (unpaired) electrons. The first-order valence-corrected chi connectivity index (χ1v) is 11.7. The minimum Gasteiger partial charge on any atom is -0.460 e. The van der Waals surface area contributed by atoms with Crippen molar-refractivity contribution < 1.29 is 35.9 Å². The second kappa shape index (κ2) is 8.86. The molecule has 0 bridgehead atoms. The Morgan fingerprint density at radius 3 is 2.06 bits per heavy atom. The van der Waals surface area contributed by atoms with Crippen molar-refractivity contribution in [2.45, 2.75) is 24.9 Å². The predicted molar refractivity (Wildman–Crippen MR) is 115 cm³/mol. The van der Waals surface area contributed by atoms with Crippen LogP contribution in [0, 0.1) is 6.92 Å². The summed E-state index contributed by atoms with van der Waals surface area (Å²) in [6.07, 6.45) is -3.45. The summed E-state index contributed by atoms with van der Waals surface area (Å²) in [5.41, 5.74) is 0.701. The zero-order valence-electron chi connectivity index (χ0n) is 17.9. The number of rotatable bonds is 6. The number of benzene rings is 2. The molecule has 0 aliphatic rings. The fraction of sp³-hybridized carbons (Fsp3) is 0.217. The third-order valence-electron chi connectivity index (χ3n) is 4.98. The molecule has 6 nitrogen and oxygen atoms in total. The van der Waals surface area contributed by atoms with E-state index in [-0.39, 0.29) is 17.1 Å². The second-order valence-corrected chi connectivity index (χ2v) is 9.27. The fourth-order valence-corrected chi connectivity index (χ4v) is 3.99. The summed E-state index contributed by atoms with van der Waals surface area (Å²) in [6, 6.07) is 11.5. The Labute approximate surface area is 188 Å². The number of nitrogens with zero attached hydrogens (tertiary/aromatic N) is 1. The van der Waals surface area contributed by atoms with E-state index < -0.39 is 33.3 Å². The number of halogens is 3. The maximum absolute atomic E-state index is 13.0. The van der Waals surface area contributed by atoms with Gasteiger partial charge in [-0.15, -0.1) is 0 Å². The van der Waals surface area contributed by atoms with Crippen LogP contribution in [-0.4, -0.2) is 37.6 Å². The van der Waals surface area contributed by atoms with Gasteiger partial charge in [-0.05, 0) is 61.9 Å². The van der Waals surface area contributed by atoms with Crippen LogP contribution in [0.4, 0.5) is 13.2 Å². The van der Waals surface area contributed by atoms with Crippen molar-refractivity contribution in [1.29, 1.82) is 0 Å². The van der Waals surface area contributed by atoms with Gasteiger partial charge in [0.05, 0.1) is 28.3 Å². The summed E-state index contributed by atoms with van der Waals surface area (Å²) in [7, 11) is -3.45. The number of ether oxygens (including phenoxy) is 1. The van der Waals surface area contributed by atoms with E-state index in [2.05, 4.69) is 0 Å². The number of Topliss-reactive ketones (excluding diaryl/α,β-unsaturated/α-hetero) is 1. The Bertz CT molecular complexity index is 1310. The summed E-state index contributed by atoms with van der Waals surface area (Å²) in [5.74, 6) is -1.95. The van der Waals surface area contributed by atoms with Gasteiger partial charge in [-0.1, -0.05) is 12.1 Å². The zero-order chi connectivity index (χ0) is 24.6. The van der Waals surface area contributed by atoms with Crippen LogP contribution in [-0.2, 0) is 25.5 Å². The minimum absolute atomic E-state index is 0.00302. The average Bonchev–Trinajstić information content (AvgIpc) is 3.09. The smallest absolute Gasteiger partial charge is 0.416 e. The Balaban J connectivity index is 2.20. The Morgan fingerprint density at radius 1 is 1.00 bits per heavy atom. The van der Waals surface area contributed by atoms with Gasteiger partial charge in [0.15, 0.2) is 9.84 Å². The van der Waals surface area contributed by atoms with E-state index >= 15 is 0 Å². The number of esters is 1. The Kier molecular flexibility index (Phi) is 6.51. The highest BCUT2D eigenvalue weighted by molar-refractivity contribution is 7.90. The summed E-state index contributed by atoms with van der Waals surface area (Å²) in [4.78, 5) is 24.7. The van der Waals surface area contributed by atoms with Crippen LogP contribution in [0.25, 0.3) is 16.9 Å². The van der Waals surface area contributed by atoms with Crippen molar-refractivity contribution >= 4 is 21.6 Å². The molecule has 0 saturated heterocycles. The average molecular weight is 479 g/mol. The number of hydrogen-bond donors (Lipinski definition) is 0. The molecule has 3 aromatic rings. The number of sulfone groups is 1. The first-order valence-electron chi connectivity index (χ1n) is 9.76. The molecule has 3 rings (SSSR count). The number of carbonyl (C=O) groups is 2. The largest absolute Gasteiger partial charge is 0.460 e. The number of carbonyl (C=O) groups excluding carboxylic acids is 2. The molecule has 0 unspecified atom stereocenters. The fourth-order valence-electron chi connectivity index (χ4n) is 3.36. The van der Waals surface area contributed by atoms with Crippen molar-refractivity contribution in [3.8, 4) is 16.9 Å². The molecule has 0 N–H and O–H groups in total. The van der Waals surface area contributed by atoms with E-state index in [1.54, 1.807) is 18.4 Å². The molecule has 0 saturated carbocycles. The van der Waals surface area contributed by atoms with Crippen molar-refractivity contribution in [2.24, 2.45) is 0 Å².